The van der Waals surface area contributed by atoms with Crippen molar-refractivity contribution in [3.63, 3.8) is 0 Å². The van der Waals surface area contributed by atoms with Gasteiger partial charge in [0.2, 0.25) is 5.91 Å². The molecule has 1 saturated carbocycles. The molecule has 0 unspecified atom stereocenters. The Morgan fingerprint density at radius 3 is 2.45 bits per heavy atom. The van der Waals surface area contributed by atoms with Gasteiger partial charge in [-0.3, -0.25) is 4.79 Å². The molecule has 122 valence electrons. The fourth-order valence-corrected chi connectivity index (χ4v) is 2.89. The zero-order valence-corrected chi connectivity index (χ0v) is 14.4. The summed E-state index contributed by atoms with van der Waals surface area (Å²) in [5, 5.41) is 9.76. The van der Waals surface area contributed by atoms with Crippen molar-refractivity contribution in [2.75, 3.05) is 12.0 Å². The molecule has 1 N–H and O–H groups in total. The molecule has 1 aromatic rings. The largest absolute Gasteiger partial charge is 0.495 e. The molecule has 1 fully saturated rings. The van der Waals surface area contributed by atoms with Gasteiger partial charge >= 0.3 is 0 Å². The molecule has 1 aromatic carbocycles. The minimum atomic E-state index is -0.500. The molecule has 0 spiro atoms. The van der Waals surface area contributed by atoms with Gasteiger partial charge in [0.15, 0.2) is 0 Å². The number of halogens is 1. The third-order valence-corrected chi connectivity index (χ3v) is 4.32. The number of methoxy groups -OCH3 is 1. The van der Waals surface area contributed by atoms with Crippen LogP contribution >= 0.6 is 11.6 Å². The van der Waals surface area contributed by atoms with Crippen LogP contribution in [0.25, 0.3) is 0 Å². The molecule has 0 radical (unpaired) electrons. The molecule has 2 rings (SSSR count). The maximum atomic E-state index is 12.9. The maximum absolute atomic E-state index is 12.9. The summed E-state index contributed by atoms with van der Waals surface area (Å²) in [5.41, 5.74) is 0.785. The van der Waals surface area contributed by atoms with E-state index in [0.29, 0.717) is 22.0 Å². The topological polar surface area (TPSA) is 49.8 Å². The normalized spacial score (nSPS) is 15.4. The van der Waals surface area contributed by atoms with E-state index in [-0.39, 0.29) is 18.6 Å². The standard InChI is InChI=1S/C17H24ClNO3/c1-17(2,3)16(21)19(12-6-5-7-12)15-13(18)8-11(10-20)9-14(15)22-4/h8-9,12,20H,5-7,10H2,1-4H3. The molecular formula is C17H24ClNO3. The van der Waals surface area contributed by atoms with Crippen molar-refractivity contribution < 1.29 is 14.6 Å². The van der Waals surface area contributed by atoms with Crippen LogP contribution in [0.15, 0.2) is 12.1 Å². The fraction of sp³-hybridized carbons (Fsp3) is 0.588. The molecule has 0 aromatic heterocycles. The number of amides is 1. The number of hydrogen-bond donors (Lipinski definition) is 1. The molecule has 0 bridgehead atoms. The van der Waals surface area contributed by atoms with Gasteiger partial charge in [0.25, 0.3) is 0 Å². The zero-order chi connectivity index (χ0) is 16.5. The van der Waals surface area contributed by atoms with Crippen molar-refractivity contribution in [1.29, 1.82) is 0 Å². The smallest absolute Gasteiger partial charge is 0.232 e. The number of rotatable bonds is 4. The van der Waals surface area contributed by atoms with E-state index in [0.717, 1.165) is 19.3 Å². The number of carbonyl (C=O) groups excluding carboxylic acids is 1. The van der Waals surface area contributed by atoms with Crippen LogP contribution in [0.3, 0.4) is 0 Å². The van der Waals surface area contributed by atoms with Crippen LogP contribution in [0.5, 0.6) is 5.75 Å². The highest BCUT2D eigenvalue weighted by atomic mass is 35.5. The highest BCUT2D eigenvalue weighted by Crippen LogP contribution is 2.43. The van der Waals surface area contributed by atoms with Crippen LogP contribution in [0.1, 0.15) is 45.6 Å². The zero-order valence-electron chi connectivity index (χ0n) is 13.6. The summed E-state index contributed by atoms with van der Waals surface area (Å²) in [7, 11) is 1.55. The van der Waals surface area contributed by atoms with E-state index in [9.17, 15) is 9.90 Å². The van der Waals surface area contributed by atoms with E-state index < -0.39 is 5.41 Å². The summed E-state index contributed by atoms with van der Waals surface area (Å²) in [4.78, 5) is 14.7. The predicted octanol–water partition coefficient (Wildman–Crippen LogP) is 3.77. The number of carbonyl (C=O) groups is 1. The van der Waals surface area contributed by atoms with Crippen LogP contribution in [0, 0.1) is 5.41 Å². The molecule has 0 heterocycles. The number of anilines is 1. The average molecular weight is 326 g/mol. The molecular weight excluding hydrogens is 302 g/mol. The van der Waals surface area contributed by atoms with Crippen LogP contribution < -0.4 is 9.64 Å². The first-order valence-corrected chi connectivity index (χ1v) is 7.98. The Morgan fingerprint density at radius 2 is 2.05 bits per heavy atom. The molecule has 22 heavy (non-hydrogen) atoms. The van der Waals surface area contributed by atoms with E-state index in [4.69, 9.17) is 16.3 Å². The molecule has 4 nitrogen and oxygen atoms in total. The minimum Gasteiger partial charge on any atom is -0.495 e. The summed E-state index contributed by atoms with van der Waals surface area (Å²) in [6, 6.07) is 3.60. The van der Waals surface area contributed by atoms with Crippen molar-refractivity contribution in [3.05, 3.63) is 22.7 Å². The van der Waals surface area contributed by atoms with Gasteiger partial charge < -0.3 is 14.7 Å². The number of aliphatic hydroxyl groups is 1. The minimum absolute atomic E-state index is 0.0362. The van der Waals surface area contributed by atoms with Gasteiger partial charge in [-0.15, -0.1) is 0 Å². The van der Waals surface area contributed by atoms with Crippen LogP contribution in [-0.2, 0) is 11.4 Å². The van der Waals surface area contributed by atoms with Crippen LogP contribution in [0.2, 0.25) is 5.02 Å². The van der Waals surface area contributed by atoms with Crippen molar-refractivity contribution >= 4 is 23.2 Å². The second-order valence-corrected chi connectivity index (χ2v) is 7.20. The summed E-state index contributed by atoms with van der Waals surface area (Å²) in [5.74, 6) is 0.565. The highest BCUT2D eigenvalue weighted by molar-refractivity contribution is 6.34. The molecule has 0 atom stereocenters. The van der Waals surface area contributed by atoms with Crippen molar-refractivity contribution in [1.82, 2.24) is 0 Å². The Labute approximate surface area is 137 Å². The molecule has 1 aliphatic carbocycles. The average Bonchev–Trinajstić information content (AvgIpc) is 2.40. The fourth-order valence-electron chi connectivity index (χ4n) is 2.56. The van der Waals surface area contributed by atoms with Crippen LogP contribution in [-0.4, -0.2) is 24.2 Å². The first-order chi connectivity index (χ1) is 10.3. The Morgan fingerprint density at radius 1 is 1.41 bits per heavy atom. The molecule has 0 saturated heterocycles. The van der Waals surface area contributed by atoms with E-state index in [1.807, 2.05) is 20.8 Å². The predicted molar refractivity (Wildman–Crippen MR) is 88.5 cm³/mol. The van der Waals surface area contributed by atoms with E-state index in [1.165, 1.54) is 0 Å². The first kappa shape index (κ1) is 17.1. The lowest BCUT2D eigenvalue weighted by Crippen LogP contribution is -2.49. The summed E-state index contributed by atoms with van der Waals surface area (Å²) < 4.78 is 5.44. The SMILES string of the molecule is COc1cc(CO)cc(Cl)c1N(C(=O)C(C)(C)C)C1CCC1. The number of aliphatic hydroxyl groups excluding tert-OH is 1. The second-order valence-electron chi connectivity index (χ2n) is 6.80. The Bertz CT molecular complexity index is 562. The van der Waals surface area contributed by atoms with Gasteiger partial charge in [0.1, 0.15) is 11.4 Å². The third-order valence-electron chi connectivity index (χ3n) is 4.03. The monoisotopic (exact) mass is 325 g/mol. The Kier molecular flexibility index (Phi) is 5.03. The lowest BCUT2D eigenvalue weighted by molar-refractivity contribution is -0.126. The third kappa shape index (κ3) is 3.23. The first-order valence-electron chi connectivity index (χ1n) is 7.60. The number of benzene rings is 1. The van der Waals surface area contributed by atoms with Crippen molar-refractivity contribution in [2.45, 2.75) is 52.7 Å². The van der Waals surface area contributed by atoms with Gasteiger partial charge in [0, 0.05) is 11.5 Å². The van der Waals surface area contributed by atoms with Crippen LogP contribution in [0.4, 0.5) is 5.69 Å². The quantitative estimate of drug-likeness (QED) is 0.916. The number of nitrogens with zero attached hydrogens (tertiary/aromatic N) is 1. The summed E-state index contributed by atoms with van der Waals surface area (Å²) in [6.45, 7) is 5.60. The lowest BCUT2D eigenvalue weighted by Gasteiger charge is -2.41. The highest BCUT2D eigenvalue weighted by Gasteiger charge is 2.38. The van der Waals surface area contributed by atoms with Crippen molar-refractivity contribution in [2.24, 2.45) is 5.41 Å². The number of hydrogen-bond acceptors (Lipinski definition) is 3. The van der Waals surface area contributed by atoms with Crippen molar-refractivity contribution in [3.8, 4) is 5.75 Å². The van der Waals surface area contributed by atoms with Gasteiger partial charge in [-0.05, 0) is 37.0 Å². The molecule has 5 heteroatoms. The summed E-state index contributed by atoms with van der Waals surface area (Å²) >= 11 is 6.42. The summed E-state index contributed by atoms with van der Waals surface area (Å²) in [6.07, 6.45) is 3.07. The van der Waals surface area contributed by atoms with Gasteiger partial charge in [-0.25, -0.2) is 0 Å². The molecule has 0 aliphatic heterocycles. The van der Waals surface area contributed by atoms with E-state index in [1.54, 1.807) is 24.1 Å². The lowest BCUT2D eigenvalue weighted by atomic mass is 9.87. The van der Waals surface area contributed by atoms with Gasteiger partial charge in [-0.2, -0.15) is 0 Å². The second kappa shape index (κ2) is 6.47. The van der Waals surface area contributed by atoms with Gasteiger partial charge in [0.05, 0.1) is 18.7 Å². The maximum Gasteiger partial charge on any atom is 0.232 e. The Balaban J connectivity index is 2.54. The Hall–Kier alpha value is -1.26. The molecule has 1 aliphatic rings. The van der Waals surface area contributed by atoms with E-state index in [2.05, 4.69) is 0 Å². The molecule has 1 amide bonds. The number of ether oxygens (including phenoxy) is 1. The van der Waals surface area contributed by atoms with Gasteiger partial charge in [-0.1, -0.05) is 32.4 Å². The van der Waals surface area contributed by atoms with E-state index >= 15 is 0 Å².